The molecule has 0 aliphatic carbocycles. The van der Waals surface area contributed by atoms with Crippen LogP contribution in [0.4, 0.5) is 0 Å². The van der Waals surface area contributed by atoms with Gasteiger partial charge in [-0.1, -0.05) is 6.08 Å². The van der Waals surface area contributed by atoms with Crippen LogP contribution in [0.5, 0.6) is 0 Å². The predicted octanol–water partition coefficient (Wildman–Crippen LogP) is 1.22. The average Bonchev–Trinajstić information content (AvgIpc) is 2.30. The Kier molecular flexibility index (Phi) is 5.69. The summed E-state index contributed by atoms with van der Waals surface area (Å²) < 4.78 is 15.2. The molecular weight excluding hydrogens is 224 g/mol. The molecule has 0 N–H and O–H groups in total. The highest BCUT2D eigenvalue weighted by Gasteiger charge is 2.27. The van der Waals surface area contributed by atoms with Crippen molar-refractivity contribution in [2.45, 2.75) is 38.4 Å². The van der Waals surface area contributed by atoms with Gasteiger partial charge in [0.05, 0.1) is 13.2 Å². The monoisotopic (exact) mass is 242 g/mol. The molecule has 1 aliphatic rings. The molecule has 0 aromatic heterocycles. The molecule has 0 bridgehead atoms. The van der Waals surface area contributed by atoms with Gasteiger partial charge in [-0.25, -0.2) is 4.79 Å². The van der Waals surface area contributed by atoms with Crippen molar-refractivity contribution in [3.05, 3.63) is 12.2 Å². The Balaban J connectivity index is 2.45. The van der Waals surface area contributed by atoms with Crippen molar-refractivity contribution in [2.75, 3.05) is 13.7 Å². The molecule has 0 unspecified atom stereocenters. The van der Waals surface area contributed by atoms with E-state index in [-0.39, 0.29) is 18.2 Å². The molecule has 1 heterocycles. The zero-order valence-electron chi connectivity index (χ0n) is 10.2. The van der Waals surface area contributed by atoms with Gasteiger partial charge >= 0.3 is 11.9 Å². The van der Waals surface area contributed by atoms with Gasteiger partial charge in [-0.15, -0.1) is 0 Å². The Labute approximate surface area is 101 Å². The topological polar surface area (TPSA) is 61.8 Å². The first-order valence-corrected chi connectivity index (χ1v) is 5.66. The van der Waals surface area contributed by atoms with Crippen LogP contribution in [-0.4, -0.2) is 37.9 Å². The van der Waals surface area contributed by atoms with Crippen LogP contribution < -0.4 is 0 Å². The minimum absolute atomic E-state index is 0.173. The average molecular weight is 242 g/mol. The lowest BCUT2D eigenvalue weighted by Gasteiger charge is -2.30. The van der Waals surface area contributed by atoms with Gasteiger partial charge in [0.2, 0.25) is 0 Å². The third-order valence-electron chi connectivity index (χ3n) is 2.52. The number of hydrogen-bond acceptors (Lipinski definition) is 5. The standard InChI is InChI=1S/C12H18O5/c1-9(13)17-11-6-4-8-16-10(11)5-3-7-12(14)15-2/h3,7,10-11H,4-6,8H2,1-2H3/b7-3+/t10-,11+/m1/s1. The quantitative estimate of drug-likeness (QED) is 0.548. The maximum absolute atomic E-state index is 10.9. The fraction of sp³-hybridized carbons (Fsp3) is 0.667. The number of esters is 2. The minimum atomic E-state index is -0.398. The largest absolute Gasteiger partial charge is 0.466 e. The fourth-order valence-electron chi connectivity index (χ4n) is 1.75. The SMILES string of the molecule is COC(=O)/C=C/C[C@H]1OCCC[C@@H]1OC(C)=O. The summed E-state index contributed by atoms with van der Waals surface area (Å²) in [6, 6.07) is 0. The summed E-state index contributed by atoms with van der Waals surface area (Å²) in [5.74, 6) is -0.702. The highest BCUT2D eigenvalue weighted by molar-refractivity contribution is 5.81. The van der Waals surface area contributed by atoms with E-state index in [1.807, 2.05) is 0 Å². The molecule has 17 heavy (non-hydrogen) atoms. The van der Waals surface area contributed by atoms with Crippen LogP contribution in [0.1, 0.15) is 26.2 Å². The molecule has 0 radical (unpaired) electrons. The van der Waals surface area contributed by atoms with Crippen molar-refractivity contribution in [3.8, 4) is 0 Å². The molecular formula is C12H18O5. The van der Waals surface area contributed by atoms with Crippen LogP contribution >= 0.6 is 0 Å². The van der Waals surface area contributed by atoms with E-state index >= 15 is 0 Å². The van der Waals surface area contributed by atoms with Gasteiger partial charge in [-0.2, -0.15) is 0 Å². The molecule has 1 rings (SSSR count). The first-order valence-electron chi connectivity index (χ1n) is 5.66. The van der Waals surface area contributed by atoms with Crippen molar-refractivity contribution in [3.63, 3.8) is 0 Å². The van der Waals surface area contributed by atoms with E-state index in [0.717, 1.165) is 12.8 Å². The van der Waals surface area contributed by atoms with E-state index in [2.05, 4.69) is 4.74 Å². The van der Waals surface area contributed by atoms with Crippen LogP contribution in [-0.2, 0) is 23.8 Å². The lowest BCUT2D eigenvalue weighted by atomic mass is 10.0. The molecule has 1 fully saturated rings. The number of carbonyl (C=O) groups excluding carboxylic acids is 2. The van der Waals surface area contributed by atoms with Crippen molar-refractivity contribution < 1.29 is 23.8 Å². The Morgan fingerprint density at radius 3 is 2.88 bits per heavy atom. The Morgan fingerprint density at radius 2 is 2.24 bits per heavy atom. The van der Waals surface area contributed by atoms with Crippen molar-refractivity contribution in [1.29, 1.82) is 0 Å². The number of hydrogen-bond donors (Lipinski definition) is 0. The van der Waals surface area contributed by atoms with Gasteiger partial charge in [0.25, 0.3) is 0 Å². The Morgan fingerprint density at radius 1 is 1.47 bits per heavy atom. The van der Waals surface area contributed by atoms with Gasteiger partial charge in [-0.05, 0) is 19.3 Å². The number of ether oxygens (including phenoxy) is 3. The van der Waals surface area contributed by atoms with Crippen LogP contribution in [0.25, 0.3) is 0 Å². The highest BCUT2D eigenvalue weighted by Crippen LogP contribution is 2.20. The fourth-order valence-corrected chi connectivity index (χ4v) is 1.75. The van der Waals surface area contributed by atoms with Crippen molar-refractivity contribution >= 4 is 11.9 Å². The lowest BCUT2D eigenvalue weighted by Crippen LogP contribution is -2.37. The zero-order valence-corrected chi connectivity index (χ0v) is 10.2. The first kappa shape index (κ1) is 13.7. The summed E-state index contributed by atoms with van der Waals surface area (Å²) in [7, 11) is 1.32. The third kappa shape index (κ3) is 4.99. The van der Waals surface area contributed by atoms with Crippen molar-refractivity contribution in [2.24, 2.45) is 0 Å². The molecule has 5 nitrogen and oxygen atoms in total. The molecule has 5 heteroatoms. The lowest BCUT2D eigenvalue weighted by molar-refractivity contribution is -0.160. The summed E-state index contributed by atoms with van der Waals surface area (Å²) in [6.07, 6.45) is 4.86. The summed E-state index contributed by atoms with van der Waals surface area (Å²) >= 11 is 0. The molecule has 0 saturated carbocycles. The molecule has 0 aromatic rings. The van der Waals surface area contributed by atoms with Crippen LogP contribution in [0.2, 0.25) is 0 Å². The molecule has 1 aliphatic heterocycles. The number of carbonyl (C=O) groups is 2. The van der Waals surface area contributed by atoms with Crippen LogP contribution in [0.15, 0.2) is 12.2 Å². The minimum Gasteiger partial charge on any atom is -0.466 e. The van der Waals surface area contributed by atoms with Crippen LogP contribution in [0, 0.1) is 0 Å². The van der Waals surface area contributed by atoms with Gasteiger partial charge < -0.3 is 14.2 Å². The van der Waals surface area contributed by atoms with Gasteiger partial charge in [0.15, 0.2) is 0 Å². The van der Waals surface area contributed by atoms with E-state index in [1.165, 1.54) is 20.1 Å². The summed E-state index contributed by atoms with van der Waals surface area (Å²) in [5, 5.41) is 0. The zero-order chi connectivity index (χ0) is 12.7. The maximum Gasteiger partial charge on any atom is 0.330 e. The van der Waals surface area contributed by atoms with Crippen LogP contribution in [0.3, 0.4) is 0 Å². The summed E-state index contributed by atoms with van der Waals surface area (Å²) in [4.78, 5) is 21.8. The smallest absolute Gasteiger partial charge is 0.330 e. The van der Waals surface area contributed by atoms with E-state index in [4.69, 9.17) is 9.47 Å². The molecule has 2 atom stereocenters. The second-order valence-corrected chi connectivity index (χ2v) is 3.86. The first-order chi connectivity index (χ1) is 8.13. The molecule has 0 spiro atoms. The second-order valence-electron chi connectivity index (χ2n) is 3.86. The maximum atomic E-state index is 10.9. The van der Waals surface area contributed by atoms with E-state index in [9.17, 15) is 9.59 Å². The summed E-state index contributed by atoms with van der Waals surface area (Å²) in [5.41, 5.74) is 0. The normalized spacial score (nSPS) is 24.6. The van der Waals surface area contributed by atoms with E-state index in [0.29, 0.717) is 13.0 Å². The Hall–Kier alpha value is -1.36. The van der Waals surface area contributed by atoms with Gasteiger partial charge in [0, 0.05) is 19.6 Å². The predicted molar refractivity (Wildman–Crippen MR) is 60.3 cm³/mol. The molecule has 0 amide bonds. The summed E-state index contributed by atoms with van der Waals surface area (Å²) in [6.45, 7) is 2.05. The molecule has 0 aromatic carbocycles. The second kappa shape index (κ2) is 7.06. The van der Waals surface area contributed by atoms with Crippen molar-refractivity contribution in [1.82, 2.24) is 0 Å². The molecule has 96 valence electrons. The Bertz CT molecular complexity index is 297. The van der Waals surface area contributed by atoms with Gasteiger partial charge in [0.1, 0.15) is 6.10 Å². The highest BCUT2D eigenvalue weighted by atomic mass is 16.6. The van der Waals surface area contributed by atoms with Gasteiger partial charge in [-0.3, -0.25) is 4.79 Å². The third-order valence-corrected chi connectivity index (χ3v) is 2.52. The number of methoxy groups -OCH3 is 1. The van der Waals surface area contributed by atoms with E-state index < -0.39 is 5.97 Å². The molecule has 1 saturated heterocycles. The number of rotatable bonds is 4. The van der Waals surface area contributed by atoms with E-state index in [1.54, 1.807) is 6.08 Å².